The fourth-order valence-corrected chi connectivity index (χ4v) is 8.15. The Morgan fingerprint density at radius 3 is 2.68 bits per heavy atom. The summed E-state index contributed by atoms with van der Waals surface area (Å²) in [5, 5.41) is 14.6. The molecule has 0 heterocycles. The zero-order valence-electron chi connectivity index (χ0n) is 20.9. The number of halogens is 1. The third-order valence-corrected chi connectivity index (χ3v) is 10.8. The monoisotopic (exact) mass is 557 g/mol. The average Bonchev–Trinajstić information content (AvgIpc) is 3.18. The van der Waals surface area contributed by atoms with Crippen LogP contribution in [-0.4, -0.2) is 58.4 Å². The number of Topliss-reactive ketones (excluding diaryl/α,β-unsaturated/α-hetero) is 1. The molecule has 3 aliphatic rings. The van der Waals surface area contributed by atoms with Gasteiger partial charge in [-0.1, -0.05) is 49.7 Å². The van der Waals surface area contributed by atoms with Gasteiger partial charge in [-0.25, -0.2) is 0 Å². The first kappa shape index (κ1) is 27.7. The Hall–Kier alpha value is -0.860. The van der Waals surface area contributed by atoms with Crippen LogP contribution in [0, 0.1) is 34.0 Å². The third kappa shape index (κ3) is 4.75. The van der Waals surface area contributed by atoms with E-state index in [1.807, 2.05) is 13.0 Å². The highest BCUT2D eigenvalue weighted by Crippen LogP contribution is 2.68. The van der Waals surface area contributed by atoms with Gasteiger partial charge in [0.05, 0.1) is 17.2 Å². The van der Waals surface area contributed by atoms with Crippen molar-refractivity contribution in [3.05, 3.63) is 12.7 Å². The van der Waals surface area contributed by atoms with Crippen molar-refractivity contribution >= 4 is 45.4 Å². The van der Waals surface area contributed by atoms with Crippen LogP contribution >= 0.6 is 27.7 Å². The van der Waals surface area contributed by atoms with Gasteiger partial charge in [0, 0.05) is 35.5 Å². The fraction of sp³-hybridized carbons (Fsp3) is 0.808. The van der Waals surface area contributed by atoms with Crippen molar-refractivity contribution in [1.82, 2.24) is 5.32 Å². The summed E-state index contributed by atoms with van der Waals surface area (Å²) in [6.45, 7) is 13.0. The van der Waals surface area contributed by atoms with Crippen molar-refractivity contribution in [3.8, 4) is 0 Å². The summed E-state index contributed by atoms with van der Waals surface area (Å²) in [4.78, 5) is 37.7. The van der Waals surface area contributed by atoms with Crippen LogP contribution in [0.5, 0.6) is 0 Å². The second kappa shape index (κ2) is 10.6. The zero-order valence-corrected chi connectivity index (χ0v) is 23.3. The molecule has 1 amide bonds. The van der Waals surface area contributed by atoms with Crippen LogP contribution in [-0.2, 0) is 19.1 Å². The molecule has 2 N–H and O–H groups in total. The number of rotatable bonds is 8. The average molecular weight is 559 g/mol. The molecule has 8 atom stereocenters. The number of esters is 1. The molecular weight excluding hydrogens is 518 g/mol. The lowest BCUT2D eigenvalue weighted by molar-refractivity contribution is -0.203. The van der Waals surface area contributed by atoms with E-state index in [4.69, 9.17) is 4.74 Å². The number of ether oxygens (including phenoxy) is 1. The van der Waals surface area contributed by atoms with E-state index in [1.165, 1.54) is 11.8 Å². The molecule has 0 radical (unpaired) electrons. The van der Waals surface area contributed by atoms with Crippen LogP contribution in [0.1, 0.15) is 59.8 Å². The molecule has 6 nitrogen and oxygen atoms in total. The van der Waals surface area contributed by atoms with E-state index in [-0.39, 0.29) is 46.0 Å². The number of hydrogen-bond donors (Lipinski definition) is 2. The number of hydrogen-bond acceptors (Lipinski definition) is 6. The first-order valence-corrected chi connectivity index (χ1v) is 14.7. The molecule has 34 heavy (non-hydrogen) atoms. The number of carbonyl (C=O) groups is 3. The summed E-state index contributed by atoms with van der Waals surface area (Å²) in [6.07, 6.45) is 4.22. The third-order valence-electron chi connectivity index (χ3n) is 9.36. The van der Waals surface area contributed by atoms with Gasteiger partial charge in [0.15, 0.2) is 0 Å². The number of ketones is 1. The van der Waals surface area contributed by atoms with Crippen molar-refractivity contribution in [3.63, 3.8) is 0 Å². The Labute approximate surface area is 216 Å². The van der Waals surface area contributed by atoms with E-state index in [1.54, 1.807) is 0 Å². The molecule has 7 unspecified atom stereocenters. The molecule has 0 spiro atoms. The lowest BCUT2D eigenvalue weighted by atomic mass is 9.43. The highest BCUT2D eigenvalue weighted by molar-refractivity contribution is 9.09. The number of alkyl halides is 1. The minimum absolute atomic E-state index is 0.0523. The minimum atomic E-state index is -0.669. The van der Waals surface area contributed by atoms with Crippen molar-refractivity contribution in [2.45, 2.75) is 72.0 Å². The van der Waals surface area contributed by atoms with E-state index < -0.39 is 23.0 Å². The lowest BCUT2D eigenvalue weighted by Gasteiger charge is -2.62. The normalized spacial score (nSPS) is 41.7. The maximum Gasteiger partial charge on any atom is 0.316 e. The summed E-state index contributed by atoms with van der Waals surface area (Å²) in [5.74, 6) is 0.698. The molecular formula is C26H40BrNO5S. The number of thioether (sulfide) groups is 1. The van der Waals surface area contributed by atoms with Gasteiger partial charge in [-0.15, -0.1) is 18.3 Å². The molecule has 0 aromatic heterocycles. The first-order chi connectivity index (χ1) is 16.0. The topological polar surface area (TPSA) is 92.7 Å². The summed E-state index contributed by atoms with van der Waals surface area (Å²) in [6, 6.07) is 0. The number of amides is 1. The van der Waals surface area contributed by atoms with Crippen molar-refractivity contribution in [2.75, 3.05) is 23.4 Å². The van der Waals surface area contributed by atoms with Gasteiger partial charge in [0.1, 0.15) is 11.9 Å². The Morgan fingerprint density at radius 2 is 2.03 bits per heavy atom. The van der Waals surface area contributed by atoms with Crippen molar-refractivity contribution in [2.24, 2.45) is 34.0 Å². The molecule has 0 aromatic rings. The quantitative estimate of drug-likeness (QED) is 0.201. The van der Waals surface area contributed by atoms with Gasteiger partial charge < -0.3 is 15.2 Å². The Bertz CT molecular complexity index is 823. The molecule has 0 aliphatic heterocycles. The second-order valence-electron chi connectivity index (χ2n) is 11.1. The standard InChI is InChI=1S/C26H40BrNO5S/c1-6-24(4)13-19(33-21(31)15-34-12-11-28-20(30)14-27)25(5)9-7-16(2)26(17(3)23(24)32)10-8-18(29)22(25)26/h6,16-17,19,22-23,32H,1,7-15H2,2-5H3,(H,28,30)/t16-,17?,19?,22?,23?,24?,25?,26?/m1/s1. The molecule has 3 rings (SSSR count). The molecule has 3 fully saturated rings. The Kier molecular flexibility index (Phi) is 8.67. The molecule has 0 aromatic carbocycles. The fourth-order valence-electron chi connectivity index (χ4n) is 7.32. The molecule has 0 saturated heterocycles. The van der Waals surface area contributed by atoms with Crippen LogP contribution < -0.4 is 5.32 Å². The number of carbonyl (C=O) groups excluding carboxylic acids is 3. The van der Waals surface area contributed by atoms with Crippen LogP contribution in [0.15, 0.2) is 12.7 Å². The summed E-state index contributed by atoms with van der Waals surface area (Å²) in [5.41, 5.74) is -1.39. The molecule has 3 saturated carbocycles. The van der Waals surface area contributed by atoms with E-state index in [2.05, 4.69) is 48.6 Å². The maximum absolute atomic E-state index is 13.4. The predicted molar refractivity (Wildman–Crippen MR) is 139 cm³/mol. The van der Waals surface area contributed by atoms with E-state index in [0.29, 0.717) is 31.1 Å². The SMILES string of the molecule is C=CC1(C)CC(OC(=O)CSCCNC(=O)CBr)C2(C)CC[C@@H](C)C3(CCC(=O)C23)C(C)C1O. The molecule has 2 bridgehead atoms. The zero-order chi connectivity index (χ0) is 25.3. The second-order valence-corrected chi connectivity index (χ2v) is 12.8. The van der Waals surface area contributed by atoms with Crippen LogP contribution in [0.3, 0.4) is 0 Å². The summed E-state index contributed by atoms with van der Waals surface area (Å²) >= 11 is 4.53. The van der Waals surface area contributed by atoms with Gasteiger partial charge in [-0.3, -0.25) is 14.4 Å². The Balaban J connectivity index is 1.85. The van der Waals surface area contributed by atoms with Crippen LogP contribution in [0.25, 0.3) is 0 Å². The summed E-state index contributed by atoms with van der Waals surface area (Å²) < 4.78 is 6.17. The predicted octanol–water partition coefficient (Wildman–Crippen LogP) is 4.14. The van der Waals surface area contributed by atoms with E-state index in [0.717, 1.165) is 19.3 Å². The number of aliphatic hydroxyl groups excluding tert-OH is 1. The van der Waals surface area contributed by atoms with Gasteiger partial charge >= 0.3 is 5.97 Å². The van der Waals surface area contributed by atoms with Gasteiger partial charge in [-0.2, -0.15) is 0 Å². The van der Waals surface area contributed by atoms with E-state index >= 15 is 0 Å². The Morgan fingerprint density at radius 1 is 1.32 bits per heavy atom. The van der Waals surface area contributed by atoms with Gasteiger partial charge in [0.2, 0.25) is 5.91 Å². The van der Waals surface area contributed by atoms with Crippen molar-refractivity contribution < 1.29 is 24.2 Å². The number of nitrogens with one attached hydrogen (secondary N) is 1. The maximum atomic E-state index is 13.4. The smallest absolute Gasteiger partial charge is 0.316 e. The molecule has 8 heteroatoms. The van der Waals surface area contributed by atoms with Gasteiger partial charge in [-0.05, 0) is 42.9 Å². The van der Waals surface area contributed by atoms with Crippen LogP contribution in [0.4, 0.5) is 0 Å². The number of aliphatic hydroxyl groups is 1. The highest BCUT2D eigenvalue weighted by atomic mass is 79.9. The first-order valence-electron chi connectivity index (χ1n) is 12.4. The van der Waals surface area contributed by atoms with E-state index in [9.17, 15) is 19.5 Å². The minimum Gasteiger partial charge on any atom is -0.461 e. The molecule has 192 valence electrons. The highest BCUT2D eigenvalue weighted by Gasteiger charge is 2.68. The lowest BCUT2D eigenvalue weighted by Crippen LogP contribution is -2.63. The van der Waals surface area contributed by atoms with Gasteiger partial charge in [0.25, 0.3) is 0 Å². The molecule has 3 aliphatic carbocycles. The van der Waals surface area contributed by atoms with Crippen molar-refractivity contribution in [1.29, 1.82) is 0 Å². The largest absolute Gasteiger partial charge is 0.461 e. The van der Waals surface area contributed by atoms with Crippen LogP contribution in [0.2, 0.25) is 0 Å². The summed E-state index contributed by atoms with van der Waals surface area (Å²) in [7, 11) is 0.